The number of likely N-dealkylation sites (N-methyl/N-ethyl adjacent to an activating group) is 1. The monoisotopic (exact) mass is 196 g/mol. The molecule has 0 aromatic rings. The number of nitrogens with zero attached hydrogens (tertiary/aromatic N) is 1. The first-order valence-electron chi connectivity index (χ1n) is 5.66. The molecule has 2 fully saturated rings. The highest BCUT2D eigenvalue weighted by molar-refractivity contribution is 5.84. The van der Waals surface area contributed by atoms with Crippen LogP contribution in [0.4, 0.5) is 0 Å². The van der Waals surface area contributed by atoms with Gasteiger partial charge in [0.15, 0.2) is 0 Å². The van der Waals surface area contributed by atoms with Gasteiger partial charge in [-0.3, -0.25) is 4.79 Å². The first-order chi connectivity index (χ1) is 6.67. The number of likely N-dealkylation sites (tertiary alicyclic amines) is 1. The Morgan fingerprint density at radius 2 is 2.07 bits per heavy atom. The Kier molecular flexibility index (Phi) is 2.52. The van der Waals surface area contributed by atoms with Crippen molar-refractivity contribution in [3.63, 3.8) is 0 Å². The molecule has 1 aliphatic carbocycles. The molecule has 2 rings (SSSR count). The van der Waals surface area contributed by atoms with E-state index in [0.717, 1.165) is 13.0 Å². The van der Waals surface area contributed by atoms with E-state index in [2.05, 4.69) is 17.1 Å². The average Bonchev–Trinajstić information content (AvgIpc) is 2.73. The Labute approximate surface area is 85.8 Å². The molecular formula is C11H20N2O. The first-order valence-corrected chi connectivity index (χ1v) is 5.66. The predicted molar refractivity (Wildman–Crippen MR) is 56.1 cm³/mol. The molecule has 0 bridgehead atoms. The van der Waals surface area contributed by atoms with Crippen molar-refractivity contribution in [2.75, 3.05) is 13.6 Å². The number of rotatable bonds is 2. The third-order valence-electron chi connectivity index (χ3n) is 3.89. The van der Waals surface area contributed by atoms with E-state index in [4.69, 9.17) is 0 Å². The van der Waals surface area contributed by atoms with Gasteiger partial charge in [0.1, 0.15) is 0 Å². The summed E-state index contributed by atoms with van der Waals surface area (Å²) < 4.78 is 0. The topological polar surface area (TPSA) is 32.3 Å². The van der Waals surface area contributed by atoms with E-state index >= 15 is 0 Å². The molecule has 80 valence electrons. The zero-order chi connectivity index (χ0) is 10.2. The quantitative estimate of drug-likeness (QED) is 0.718. The highest BCUT2D eigenvalue weighted by atomic mass is 16.2. The number of hydrogen-bond donors (Lipinski definition) is 1. The molecule has 1 aliphatic heterocycles. The second-order valence-electron chi connectivity index (χ2n) is 4.82. The standard InChI is InChI=1S/C11H20N2O/c1-11(6-3-4-7-11)13-8-5-9(12-2)10(13)14/h9,12H,3-8H2,1-2H3. The van der Waals surface area contributed by atoms with Crippen LogP contribution in [0.3, 0.4) is 0 Å². The van der Waals surface area contributed by atoms with Crippen LogP contribution in [-0.2, 0) is 4.79 Å². The van der Waals surface area contributed by atoms with E-state index in [1.165, 1.54) is 25.7 Å². The number of amides is 1. The van der Waals surface area contributed by atoms with Crippen molar-refractivity contribution in [3.05, 3.63) is 0 Å². The molecule has 3 heteroatoms. The highest BCUT2D eigenvalue weighted by Crippen LogP contribution is 2.37. The van der Waals surface area contributed by atoms with Gasteiger partial charge in [-0.25, -0.2) is 0 Å². The fraction of sp³-hybridized carbons (Fsp3) is 0.909. The smallest absolute Gasteiger partial charge is 0.240 e. The maximum Gasteiger partial charge on any atom is 0.240 e. The fourth-order valence-electron chi connectivity index (χ4n) is 2.89. The van der Waals surface area contributed by atoms with Gasteiger partial charge in [0.2, 0.25) is 5.91 Å². The van der Waals surface area contributed by atoms with E-state index in [9.17, 15) is 4.79 Å². The van der Waals surface area contributed by atoms with E-state index in [0.29, 0.717) is 5.91 Å². The van der Waals surface area contributed by atoms with Gasteiger partial charge in [0, 0.05) is 12.1 Å². The van der Waals surface area contributed by atoms with Crippen molar-refractivity contribution >= 4 is 5.91 Å². The zero-order valence-corrected chi connectivity index (χ0v) is 9.18. The van der Waals surface area contributed by atoms with Crippen LogP contribution in [0.25, 0.3) is 0 Å². The lowest BCUT2D eigenvalue weighted by Gasteiger charge is -2.35. The maximum atomic E-state index is 12.0. The summed E-state index contributed by atoms with van der Waals surface area (Å²) in [4.78, 5) is 14.1. The number of nitrogens with one attached hydrogen (secondary N) is 1. The average molecular weight is 196 g/mol. The molecule has 3 nitrogen and oxygen atoms in total. The molecular weight excluding hydrogens is 176 g/mol. The third kappa shape index (κ3) is 1.44. The summed E-state index contributed by atoms with van der Waals surface area (Å²) in [5.41, 5.74) is 0.169. The van der Waals surface area contributed by atoms with Crippen molar-refractivity contribution in [3.8, 4) is 0 Å². The Balaban J connectivity index is 2.09. The minimum absolute atomic E-state index is 0.0763. The van der Waals surface area contributed by atoms with Crippen molar-refractivity contribution in [2.24, 2.45) is 0 Å². The lowest BCUT2D eigenvalue weighted by molar-refractivity contribution is -0.134. The van der Waals surface area contributed by atoms with Gasteiger partial charge < -0.3 is 10.2 Å². The molecule has 1 amide bonds. The summed E-state index contributed by atoms with van der Waals surface area (Å²) in [6.07, 6.45) is 5.92. The van der Waals surface area contributed by atoms with Gasteiger partial charge in [-0.15, -0.1) is 0 Å². The highest BCUT2D eigenvalue weighted by Gasteiger charge is 2.43. The number of carbonyl (C=O) groups excluding carboxylic acids is 1. The van der Waals surface area contributed by atoms with Crippen LogP contribution >= 0.6 is 0 Å². The van der Waals surface area contributed by atoms with Crippen LogP contribution in [0, 0.1) is 0 Å². The zero-order valence-electron chi connectivity index (χ0n) is 9.18. The Hall–Kier alpha value is -0.570. The molecule has 0 spiro atoms. The summed E-state index contributed by atoms with van der Waals surface area (Å²) in [5, 5.41) is 3.09. The lowest BCUT2D eigenvalue weighted by atomic mass is 9.98. The van der Waals surface area contributed by atoms with Crippen LogP contribution < -0.4 is 5.32 Å². The summed E-state index contributed by atoms with van der Waals surface area (Å²) in [6.45, 7) is 3.19. The van der Waals surface area contributed by atoms with Gasteiger partial charge in [-0.1, -0.05) is 12.8 Å². The van der Waals surface area contributed by atoms with Crippen molar-refractivity contribution < 1.29 is 4.79 Å². The Morgan fingerprint density at radius 1 is 1.43 bits per heavy atom. The van der Waals surface area contributed by atoms with Crippen LogP contribution in [0.1, 0.15) is 39.0 Å². The van der Waals surface area contributed by atoms with Crippen molar-refractivity contribution in [2.45, 2.75) is 50.6 Å². The largest absolute Gasteiger partial charge is 0.336 e. The molecule has 1 N–H and O–H groups in total. The van der Waals surface area contributed by atoms with Crippen LogP contribution in [-0.4, -0.2) is 36.0 Å². The molecule has 2 aliphatic rings. The second kappa shape index (κ2) is 3.54. The summed E-state index contributed by atoms with van der Waals surface area (Å²) in [5.74, 6) is 0.317. The van der Waals surface area contributed by atoms with Gasteiger partial charge in [-0.2, -0.15) is 0 Å². The van der Waals surface area contributed by atoms with Crippen molar-refractivity contribution in [1.82, 2.24) is 10.2 Å². The lowest BCUT2D eigenvalue weighted by Crippen LogP contribution is -2.48. The summed E-state index contributed by atoms with van der Waals surface area (Å²) in [7, 11) is 1.88. The van der Waals surface area contributed by atoms with Crippen LogP contribution in [0.15, 0.2) is 0 Å². The Bertz CT molecular complexity index is 233. The molecule has 14 heavy (non-hydrogen) atoms. The van der Waals surface area contributed by atoms with Crippen LogP contribution in [0.5, 0.6) is 0 Å². The molecule has 0 aromatic carbocycles. The maximum absolute atomic E-state index is 12.0. The predicted octanol–water partition coefficient (Wildman–Crippen LogP) is 1.14. The molecule has 1 saturated heterocycles. The van der Waals surface area contributed by atoms with Gasteiger partial charge >= 0.3 is 0 Å². The van der Waals surface area contributed by atoms with Crippen LogP contribution in [0.2, 0.25) is 0 Å². The fourth-order valence-corrected chi connectivity index (χ4v) is 2.89. The second-order valence-corrected chi connectivity index (χ2v) is 4.82. The minimum Gasteiger partial charge on any atom is -0.336 e. The van der Waals surface area contributed by atoms with Gasteiger partial charge in [0.05, 0.1) is 6.04 Å². The summed E-state index contributed by atoms with van der Waals surface area (Å²) in [6, 6.07) is 0.0763. The molecule has 1 saturated carbocycles. The SMILES string of the molecule is CNC1CCN(C2(C)CCCC2)C1=O. The molecule has 0 aromatic heterocycles. The molecule has 1 unspecified atom stereocenters. The van der Waals surface area contributed by atoms with Gasteiger partial charge in [-0.05, 0) is 33.2 Å². The van der Waals surface area contributed by atoms with E-state index in [-0.39, 0.29) is 11.6 Å². The van der Waals surface area contributed by atoms with E-state index in [1.54, 1.807) is 0 Å². The number of carbonyl (C=O) groups is 1. The normalized spacial score (nSPS) is 31.4. The van der Waals surface area contributed by atoms with Crippen molar-refractivity contribution in [1.29, 1.82) is 0 Å². The minimum atomic E-state index is 0.0763. The molecule has 1 heterocycles. The summed E-state index contributed by atoms with van der Waals surface area (Å²) >= 11 is 0. The van der Waals surface area contributed by atoms with E-state index < -0.39 is 0 Å². The van der Waals surface area contributed by atoms with Gasteiger partial charge in [0.25, 0.3) is 0 Å². The third-order valence-corrected chi connectivity index (χ3v) is 3.89. The Morgan fingerprint density at radius 3 is 2.57 bits per heavy atom. The number of hydrogen-bond acceptors (Lipinski definition) is 2. The molecule has 0 radical (unpaired) electrons. The molecule has 1 atom stereocenters. The first kappa shape index (κ1) is 9.97. The van der Waals surface area contributed by atoms with E-state index in [1.807, 2.05) is 7.05 Å².